The highest BCUT2D eigenvalue weighted by molar-refractivity contribution is 6.31. The van der Waals surface area contributed by atoms with E-state index in [1.807, 2.05) is 23.6 Å². The van der Waals surface area contributed by atoms with E-state index in [1.165, 1.54) is 0 Å². The van der Waals surface area contributed by atoms with Crippen LogP contribution in [0.4, 0.5) is 0 Å². The monoisotopic (exact) mass is 210 g/mol. The molecular formula is C9H11ClN4. The van der Waals surface area contributed by atoms with Crippen LogP contribution in [0.5, 0.6) is 0 Å². The molecule has 2 N–H and O–H groups in total. The number of rotatable bonds is 2. The minimum atomic E-state index is 0.420. The molecule has 0 amide bonds. The summed E-state index contributed by atoms with van der Waals surface area (Å²) >= 11 is 6.03. The first-order chi connectivity index (χ1) is 6.76. The Kier molecular flexibility index (Phi) is 2.39. The van der Waals surface area contributed by atoms with Crippen molar-refractivity contribution < 1.29 is 0 Å². The quantitative estimate of drug-likeness (QED) is 0.816. The molecule has 0 saturated heterocycles. The van der Waals surface area contributed by atoms with Gasteiger partial charge in [0.25, 0.3) is 0 Å². The number of hydrogen-bond donors (Lipinski definition) is 1. The normalized spacial score (nSPS) is 11.1. The summed E-state index contributed by atoms with van der Waals surface area (Å²) in [6.45, 7) is 2.45. The van der Waals surface area contributed by atoms with Crippen LogP contribution in [0.15, 0.2) is 12.3 Å². The standard InChI is InChI=1S/C9H11ClN4/c1-2-8-12-13-9-3-6(4-11)7(10)5-14(8)9/h3,5H,2,4,11H2,1H3. The van der Waals surface area contributed by atoms with Crippen molar-refractivity contribution in [3.05, 3.63) is 28.7 Å². The van der Waals surface area contributed by atoms with Gasteiger partial charge in [-0.3, -0.25) is 4.40 Å². The average Bonchev–Trinajstić information content (AvgIpc) is 2.58. The fraction of sp³-hybridized carbons (Fsp3) is 0.333. The molecule has 2 aromatic heterocycles. The Morgan fingerprint density at radius 2 is 2.29 bits per heavy atom. The highest BCUT2D eigenvalue weighted by Crippen LogP contribution is 2.17. The van der Waals surface area contributed by atoms with Gasteiger partial charge in [-0.25, -0.2) is 0 Å². The number of aromatic nitrogens is 3. The Morgan fingerprint density at radius 1 is 1.50 bits per heavy atom. The van der Waals surface area contributed by atoms with Crippen LogP contribution in [0.25, 0.3) is 5.65 Å². The van der Waals surface area contributed by atoms with Crippen molar-refractivity contribution >= 4 is 17.2 Å². The van der Waals surface area contributed by atoms with E-state index in [1.54, 1.807) is 0 Å². The fourth-order valence-corrected chi connectivity index (χ4v) is 1.62. The van der Waals surface area contributed by atoms with Gasteiger partial charge in [0, 0.05) is 19.2 Å². The number of nitrogens with zero attached hydrogens (tertiary/aromatic N) is 3. The number of halogens is 1. The first-order valence-electron chi connectivity index (χ1n) is 4.48. The molecule has 0 unspecified atom stereocenters. The molecule has 2 heterocycles. The smallest absolute Gasteiger partial charge is 0.161 e. The van der Waals surface area contributed by atoms with Gasteiger partial charge in [-0.05, 0) is 11.6 Å². The average molecular weight is 211 g/mol. The van der Waals surface area contributed by atoms with Gasteiger partial charge >= 0.3 is 0 Å². The van der Waals surface area contributed by atoms with Crippen LogP contribution in [0.2, 0.25) is 5.02 Å². The Balaban J connectivity index is 2.69. The second-order valence-electron chi connectivity index (χ2n) is 3.05. The van der Waals surface area contributed by atoms with Gasteiger partial charge in [0.1, 0.15) is 5.82 Å². The van der Waals surface area contributed by atoms with Gasteiger partial charge in [0.05, 0.1) is 5.02 Å². The third kappa shape index (κ3) is 1.36. The lowest BCUT2D eigenvalue weighted by Crippen LogP contribution is -2.00. The number of pyridine rings is 1. The third-order valence-corrected chi connectivity index (χ3v) is 2.52. The predicted molar refractivity (Wildman–Crippen MR) is 55.3 cm³/mol. The molecule has 0 aliphatic carbocycles. The maximum Gasteiger partial charge on any atom is 0.161 e. The minimum absolute atomic E-state index is 0.420. The molecule has 0 saturated carbocycles. The molecule has 5 heteroatoms. The molecule has 2 aromatic rings. The Hall–Kier alpha value is -1.13. The van der Waals surface area contributed by atoms with Gasteiger partial charge in [-0.2, -0.15) is 0 Å². The Bertz CT molecular complexity index is 463. The van der Waals surface area contributed by atoms with Gasteiger partial charge in [0.2, 0.25) is 0 Å². The van der Waals surface area contributed by atoms with Crippen molar-refractivity contribution in [2.75, 3.05) is 0 Å². The van der Waals surface area contributed by atoms with Crippen LogP contribution in [0, 0.1) is 0 Å². The summed E-state index contributed by atoms with van der Waals surface area (Å²) in [5, 5.41) is 8.74. The van der Waals surface area contributed by atoms with E-state index in [-0.39, 0.29) is 0 Å². The van der Waals surface area contributed by atoms with Gasteiger partial charge in [-0.15, -0.1) is 10.2 Å². The molecule has 2 rings (SSSR count). The first-order valence-corrected chi connectivity index (χ1v) is 4.86. The van der Waals surface area contributed by atoms with Crippen molar-refractivity contribution in [2.24, 2.45) is 5.73 Å². The van der Waals surface area contributed by atoms with Crippen LogP contribution in [-0.4, -0.2) is 14.6 Å². The molecule has 0 spiro atoms. The molecule has 0 radical (unpaired) electrons. The molecule has 0 fully saturated rings. The van der Waals surface area contributed by atoms with E-state index in [0.29, 0.717) is 11.6 Å². The van der Waals surface area contributed by atoms with E-state index in [0.717, 1.165) is 23.5 Å². The number of aryl methyl sites for hydroxylation is 1. The maximum absolute atomic E-state index is 6.03. The van der Waals surface area contributed by atoms with Crippen molar-refractivity contribution in [2.45, 2.75) is 19.9 Å². The van der Waals surface area contributed by atoms with E-state index in [9.17, 15) is 0 Å². The summed E-state index contributed by atoms with van der Waals surface area (Å²) < 4.78 is 1.89. The summed E-state index contributed by atoms with van der Waals surface area (Å²) in [7, 11) is 0. The molecular weight excluding hydrogens is 200 g/mol. The summed E-state index contributed by atoms with van der Waals surface area (Å²) in [6, 6.07) is 1.87. The lowest BCUT2D eigenvalue weighted by Gasteiger charge is -2.02. The van der Waals surface area contributed by atoms with Gasteiger partial charge < -0.3 is 5.73 Å². The zero-order valence-electron chi connectivity index (χ0n) is 7.87. The van der Waals surface area contributed by atoms with Crippen molar-refractivity contribution in [1.29, 1.82) is 0 Å². The largest absolute Gasteiger partial charge is 0.326 e. The van der Waals surface area contributed by atoms with E-state index in [2.05, 4.69) is 10.2 Å². The highest BCUT2D eigenvalue weighted by atomic mass is 35.5. The molecule has 0 aliphatic rings. The minimum Gasteiger partial charge on any atom is -0.326 e. The van der Waals surface area contributed by atoms with Crippen LogP contribution in [-0.2, 0) is 13.0 Å². The van der Waals surface area contributed by atoms with E-state index < -0.39 is 0 Å². The summed E-state index contributed by atoms with van der Waals surface area (Å²) in [5.74, 6) is 0.908. The first kappa shape index (κ1) is 9.43. The van der Waals surface area contributed by atoms with E-state index in [4.69, 9.17) is 17.3 Å². The van der Waals surface area contributed by atoms with Crippen molar-refractivity contribution in [3.8, 4) is 0 Å². The van der Waals surface area contributed by atoms with Crippen LogP contribution in [0.1, 0.15) is 18.3 Å². The summed E-state index contributed by atoms with van der Waals surface area (Å²) in [6.07, 6.45) is 2.65. The Labute approximate surface area is 86.7 Å². The second kappa shape index (κ2) is 3.55. The van der Waals surface area contributed by atoms with Crippen LogP contribution >= 0.6 is 11.6 Å². The molecule has 74 valence electrons. The van der Waals surface area contributed by atoms with Gasteiger partial charge in [-0.1, -0.05) is 18.5 Å². The molecule has 0 bridgehead atoms. The predicted octanol–water partition coefficient (Wildman–Crippen LogP) is 1.40. The van der Waals surface area contributed by atoms with Crippen molar-refractivity contribution in [3.63, 3.8) is 0 Å². The molecule has 4 nitrogen and oxygen atoms in total. The SMILES string of the molecule is CCc1nnc2cc(CN)c(Cl)cn12. The molecule has 0 aliphatic heterocycles. The summed E-state index contributed by atoms with van der Waals surface area (Å²) in [4.78, 5) is 0. The Morgan fingerprint density at radius 3 is 2.93 bits per heavy atom. The maximum atomic E-state index is 6.03. The lowest BCUT2D eigenvalue weighted by molar-refractivity contribution is 0.907. The fourth-order valence-electron chi connectivity index (χ4n) is 1.40. The summed E-state index contributed by atoms with van der Waals surface area (Å²) in [5.41, 5.74) is 7.23. The lowest BCUT2D eigenvalue weighted by atomic mass is 10.2. The molecule has 0 aromatic carbocycles. The third-order valence-electron chi connectivity index (χ3n) is 2.18. The highest BCUT2D eigenvalue weighted by Gasteiger charge is 2.06. The molecule has 14 heavy (non-hydrogen) atoms. The van der Waals surface area contributed by atoms with Gasteiger partial charge in [0.15, 0.2) is 5.65 Å². The topological polar surface area (TPSA) is 56.2 Å². The second-order valence-corrected chi connectivity index (χ2v) is 3.46. The van der Waals surface area contributed by atoms with Crippen molar-refractivity contribution in [1.82, 2.24) is 14.6 Å². The van der Waals surface area contributed by atoms with Crippen LogP contribution < -0.4 is 5.73 Å². The zero-order chi connectivity index (χ0) is 10.1. The zero-order valence-corrected chi connectivity index (χ0v) is 8.62. The molecule has 0 atom stereocenters. The number of nitrogens with two attached hydrogens (primary N) is 1. The number of hydrogen-bond acceptors (Lipinski definition) is 3. The van der Waals surface area contributed by atoms with E-state index >= 15 is 0 Å². The van der Waals surface area contributed by atoms with Crippen LogP contribution in [0.3, 0.4) is 0 Å². The number of fused-ring (bicyclic) bond motifs is 1.